The number of rotatable bonds is 10. The number of nitrogens with zero attached hydrogens (tertiary/aromatic N) is 2. The number of alkyl carbamates (subject to hydrolysis) is 1. The van der Waals surface area contributed by atoms with Crippen molar-refractivity contribution in [2.45, 2.75) is 58.7 Å². The second-order valence-corrected chi connectivity index (χ2v) is 11.0. The van der Waals surface area contributed by atoms with Gasteiger partial charge in [0.1, 0.15) is 24.2 Å². The first-order valence-corrected chi connectivity index (χ1v) is 13.9. The van der Waals surface area contributed by atoms with E-state index in [0.717, 1.165) is 11.1 Å². The fourth-order valence-electron chi connectivity index (χ4n) is 4.04. The molecule has 0 aliphatic heterocycles. The van der Waals surface area contributed by atoms with Gasteiger partial charge in [0, 0.05) is 11.3 Å². The molecule has 0 radical (unpaired) electrons. The third kappa shape index (κ3) is 8.80. The first-order valence-electron chi connectivity index (χ1n) is 12.5. The first kappa shape index (κ1) is 31.3. The first-order chi connectivity index (χ1) is 18.4. The van der Waals surface area contributed by atoms with Crippen LogP contribution in [0.15, 0.2) is 42.5 Å². The monoisotopic (exact) mass is 548 g/mol. The molecule has 2 atom stereocenters. The second-order valence-electron chi connectivity index (χ2n) is 9.99. The zero-order valence-corrected chi connectivity index (χ0v) is 24.1. The van der Waals surface area contributed by atoms with Gasteiger partial charge in [-0.1, -0.05) is 42.3 Å². The molecule has 39 heavy (non-hydrogen) atoms. The van der Waals surface area contributed by atoms with E-state index in [1.54, 1.807) is 45.0 Å². The van der Waals surface area contributed by atoms with Crippen molar-refractivity contribution < 1.29 is 19.1 Å². The largest absolute Gasteiger partial charge is 0.444 e. The van der Waals surface area contributed by atoms with E-state index in [2.05, 4.69) is 16.6 Å². The maximum absolute atomic E-state index is 14.0. The molecule has 0 aliphatic rings. The van der Waals surface area contributed by atoms with Crippen molar-refractivity contribution in [3.63, 3.8) is 0 Å². The summed E-state index contributed by atoms with van der Waals surface area (Å²) < 4.78 is 5.37. The lowest BCUT2D eigenvalue weighted by atomic mass is 9.97. The Kier molecular flexibility index (Phi) is 11.4. The molecule has 2 unspecified atom stereocenters. The highest BCUT2D eigenvalue weighted by Crippen LogP contribution is 2.29. The fourth-order valence-corrected chi connectivity index (χ4v) is 4.51. The minimum absolute atomic E-state index is 0.267. The summed E-state index contributed by atoms with van der Waals surface area (Å²) >= 11 is 1.50. The number of amides is 3. The highest BCUT2D eigenvalue weighted by Gasteiger charge is 2.37. The fraction of sp³-hybridized carbons (Fsp3) is 0.400. The molecule has 206 valence electrons. The molecule has 0 aliphatic carbocycles. The molecule has 0 fully saturated rings. The Balaban J connectivity index is 2.60. The van der Waals surface area contributed by atoms with Gasteiger partial charge < -0.3 is 20.3 Å². The van der Waals surface area contributed by atoms with Crippen LogP contribution in [0.3, 0.4) is 0 Å². The zero-order chi connectivity index (χ0) is 29.2. The number of carbonyl (C=O) groups is 3. The molecule has 9 heteroatoms. The minimum Gasteiger partial charge on any atom is -0.444 e. The molecule has 0 spiro atoms. The van der Waals surface area contributed by atoms with E-state index in [0.29, 0.717) is 22.6 Å². The van der Waals surface area contributed by atoms with Gasteiger partial charge in [-0.05, 0) is 75.8 Å². The molecule has 2 aromatic rings. The smallest absolute Gasteiger partial charge is 0.408 e. The van der Waals surface area contributed by atoms with E-state index in [9.17, 15) is 19.6 Å². The quantitative estimate of drug-likeness (QED) is 0.321. The Morgan fingerprint density at radius 1 is 1.10 bits per heavy atom. The van der Waals surface area contributed by atoms with E-state index in [4.69, 9.17) is 11.2 Å². The lowest BCUT2D eigenvalue weighted by Crippen LogP contribution is -2.52. The molecular weight excluding hydrogens is 512 g/mol. The molecular formula is C30H36N4O4S. The van der Waals surface area contributed by atoms with Crippen molar-refractivity contribution in [3.8, 4) is 18.4 Å². The van der Waals surface area contributed by atoms with Gasteiger partial charge in [-0.15, -0.1) is 6.42 Å². The maximum Gasteiger partial charge on any atom is 0.408 e. The molecule has 8 nitrogen and oxygen atoms in total. The summed E-state index contributed by atoms with van der Waals surface area (Å²) in [7, 11) is 0. The Labute approximate surface area is 235 Å². The number of ether oxygens (including phenoxy) is 1. The summed E-state index contributed by atoms with van der Waals surface area (Å²) in [6.45, 7) is 8.49. The number of benzene rings is 2. The lowest BCUT2D eigenvalue weighted by molar-refractivity contribution is -0.140. The summed E-state index contributed by atoms with van der Waals surface area (Å²) in [4.78, 5) is 41.8. The second kappa shape index (κ2) is 14.3. The molecule has 0 saturated heterocycles. The van der Waals surface area contributed by atoms with Gasteiger partial charge in [0.2, 0.25) is 5.91 Å². The van der Waals surface area contributed by atoms with E-state index in [1.165, 1.54) is 16.7 Å². The Morgan fingerprint density at radius 2 is 1.74 bits per heavy atom. The van der Waals surface area contributed by atoms with Gasteiger partial charge in [0.15, 0.2) is 0 Å². The Hall–Kier alpha value is -3.95. The maximum atomic E-state index is 14.0. The van der Waals surface area contributed by atoms with Crippen LogP contribution in [0, 0.1) is 37.5 Å². The number of terminal acetylenes is 1. The standard InChI is InChI=1S/C30H36N4O4S/c1-8-22-14-9-10-15-23(22)26(27(35)33-25-20(2)12-11-13-21(25)3)34(18-17-31)28(36)24(16-19-39-7)32-29(37)38-30(4,5)6/h1,9-15,24,26H,16,18-19H2,2-7H3,(H,32,37)(H,33,35). The average Bonchev–Trinajstić information content (AvgIpc) is 2.87. The molecule has 0 bridgehead atoms. The SMILES string of the molecule is C#Cc1ccccc1C(C(=O)Nc1c(C)cccc1C)N(CC#N)C(=O)C(CCSC)NC(=O)OC(C)(C)C. The summed E-state index contributed by atoms with van der Waals surface area (Å²) in [5.74, 6) is 2.01. The number of hydrogen-bond donors (Lipinski definition) is 2. The average molecular weight is 549 g/mol. The van der Waals surface area contributed by atoms with Crippen molar-refractivity contribution in [2.24, 2.45) is 0 Å². The molecule has 2 rings (SSSR count). The molecule has 0 heterocycles. The number of aryl methyl sites for hydroxylation is 2. The number of nitrogens with one attached hydrogen (secondary N) is 2. The van der Waals surface area contributed by atoms with Crippen LogP contribution >= 0.6 is 11.8 Å². The number of carbonyl (C=O) groups excluding carboxylic acids is 3. The van der Waals surface area contributed by atoms with Crippen LogP contribution in [0.25, 0.3) is 0 Å². The number of para-hydroxylation sites is 1. The van der Waals surface area contributed by atoms with E-state index in [-0.39, 0.29) is 6.42 Å². The topological polar surface area (TPSA) is 112 Å². The minimum atomic E-state index is -1.24. The normalized spacial score (nSPS) is 12.3. The molecule has 2 aromatic carbocycles. The third-order valence-corrected chi connectivity index (χ3v) is 6.47. The van der Waals surface area contributed by atoms with Crippen molar-refractivity contribution in [1.29, 1.82) is 5.26 Å². The van der Waals surface area contributed by atoms with Gasteiger partial charge in [-0.2, -0.15) is 17.0 Å². The van der Waals surface area contributed by atoms with Crippen molar-refractivity contribution in [1.82, 2.24) is 10.2 Å². The zero-order valence-electron chi connectivity index (χ0n) is 23.3. The highest BCUT2D eigenvalue weighted by molar-refractivity contribution is 7.98. The van der Waals surface area contributed by atoms with Gasteiger partial charge in [0.25, 0.3) is 5.91 Å². The van der Waals surface area contributed by atoms with Crippen LogP contribution < -0.4 is 10.6 Å². The van der Waals surface area contributed by atoms with E-state index in [1.807, 2.05) is 44.4 Å². The van der Waals surface area contributed by atoms with E-state index < -0.39 is 42.1 Å². The van der Waals surface area contributed by atoms with Crippen molar-refractivity contribution in [2.75, 3.05) is 23.9 Å². The molecule has 0 saturated carbocycles. The lowest BCUT2D eigenvalue weighted by Gasteiger charge is -2.33. The highest BCUT2D eigenvalue weighted by atomic mass is 32.2. The summed E-state index contributed by atoms with van der Waals surface area (Å²) in [5.41, 5.74) is 2.33. The van der Waals surface area contributed by atoms with Crippen LogP contribution in [0.1, 0.15) is 55.5 Å². The van der Waals surface area contributed by atoms with Crippen LogP contribution in [-0.4, -0.2) is 53.0 Å². The predicted octanol–water partition coefficient (Wildman–Crippen LogP) is 4.96. The third-order valence-electron chi connectivity index (χ3n) is 5.82. The Morgan fingerprint density at radius 3 is 2.31 bits per heavy atom. The van der Waals surface area contributed by atoms with Gasteiger partial charge >= 0.3 is 6.09 Å². The molecule has 3 amide bonds. The molecule has 2 N–H and O–H groups in total. The summed E-state index contributed by atoms with van der Waals surface area (Å²) in [5, 5.41) is 15.3. The molecule has 0 aromatic heterocycles. The van der Waals surface area contributed by atoms with Crippen molar-refractivity contribution in [3.05, 3.63) is 64.7 Å². The van der Waals surface area contributed by atoms with Gasteiger partial charge in [-0.3, -0.25) is 9.59 Å². The summed E-state index contributed by atoms with van der Waals surface area (Å²) in [6.07, 6.45) is 7.15. The van der Waals surface area contributed by atoms with Gasteiger partial charge in [0.05, 0.1) is 6.07 Å². The summed E-state index contributed by atoms with van der Waals surface area (Å²) in [6, 6.07) is 12.2. The number of hydrogen-bond acceptors (Lipinski definition) is 6. The van der Waals surface area contributed by atoms with Gasteiger partial charge in [-0.25, -0.2) is 4.79 Å². The van der Waals surface area contributed by atoms with Crippen LogP contribution in [0.2, 0.25) is 0 Å². The number of nitriles is 1. The number of thioether (sulfide) groups is 1. The van der Waals surface area contributed by atoms with E-state index >= 15 is 0 Å². The van der Waals surface area contributed by atoms with Crippen LogP contribution in [0.4, 0.5) is 10.5 Å². The Bertz CT molecular complexity index is 1250. The predicted molar refractivity (Wildman–Crippen MR) is 155 cm³/mol. The van der Waals surface area contributed by atoms with Crippen molar-refractivity contribution >= 4 is 35.4 Å². The van der Waals surface area contributed by atoms with Crippen LogP contribution in [-0.2, 0) is 14.3 Å². The van der Waals surface area contributed by atoms with Crippen LogP contribution in [0.5, 0.6) is 0 Å². The number of anilines is 1.